The number of benzene rings is 1. The number of nitrogens with one attached hydrogen (secondary N) is 1. The number of aromatic nitrogens is 1. The summed E-state index contributed by atoms with van der Waals surface area (Å²) in [4.78, 5) is 29.0. The molecule has 2 aromatic rings. The summed E-state index contributed by atoms with van der Waals surface area (Å²) in [7, 11) is 0. The van der Waals surface area contributed by atoms with E-state index in [4.69, 9.17) is 0 Å². The molecular formula is C15H17N3O2S. The Hall–Kier alpha value is -2.21. The molecule has 0 saturated carbocycles. The van der Waals surface area contributed by atoms with Crippen LogP contribution in [0.4, 0.5) is 10.8 Å². The summed E-state index contributed by atoms with van der Waals surface area (Å²) in [6.45, 7) is 3.75. The minimum Gasteiger partial charge on any atom is -0.326 e. The molecule has 1 aromatic heterocycles. The molecule has 0 radical (unpaired) electrons. The maximum absolute atomic E-state index is 11.8. The van der Waals surface area contributed by atoms with Gasteiger partial charge in [0.25, 0.3) is 0 Å². The van der Waals surface area contributed by atoms with Gasteiger partial charge >= 0.3 is 0 Å². The molecular weight excluding hydrogens is 286 g/mol. The summed E-state index contributed by atoms with van der Waals surface area (Å²) >= 11 is 1.42. The van der Waals surface area contributed by atoms with Crippen LogP contribution in [0.15, 0.2) is 35.8 Å². The fourth-order valence-electron chi connectivity index (χ4n) is 1.84. The average molecular weight is 303 g/mol. The Bertz CT molecular complexity index is 626. The first-order valence-electron chi connectivity index (χ1n) is 6.66. The van der Waals surface area contributed by atoms with Crippen molar-refractivity contribution in [3.05, 3.63) is 41.4 Å². The van der Waals surface area contributed by atoms with Crippen molar-refractivity contribution in [2.45, 2.75) is 26.8 Å². The number of thiazole rings is 1. The van der Waals surface area contributed by atoms with E-state index in [2.05, 4.69) is 10.3 Å². The number of hydrogen-bond donors (Lipinski definition) is 1. The maximum Gasteiger partial charge on any atom is 0.225 e. The second-order valence-corrected chi connectivity index (χ2v) is 5.39. The molecule has 0 aliphatic heterocycles. The van der Waals surface area contributed by atoms with Crippen LogP contribution in [-0.2, 0) is 16.1 Å². The highest BCUT2D eigenvalue weighted by Crippen LogP contribution is 2.21. The molecule has 2 rings (SSSR count). The first-order valence-corrected chi connectivity index (χ1v) is 7.54. The van der Waals surface area contributed by atoms with Crippen molar-refractivity contribution in [1.82, 2.24) is 4.98 Å². The molecule has 110 valence electrons. The van der Waals surface area contributed by atoms with Gasteiger partial charge in [-0.25, -0.2) is 4.98 Å². The molecule has 0 atom stereocenters. The molecule has 2 amide bonds. The molecule has 1 N–H and O–H groups in total. The number of anilines is 2. The highest BCUT2D eigenvalue weighted by atomic mass is 32.1. The van der Waals surface area contributed by atoms with E-state index in [9.17, 15) is 9.59 Å². The van der Waals surface area contributed by atoms with Crippen molar-refractivity contribution < 1.29 is 9.59 Å². The zero-order valence-electron chi connectivity index (χ0n) is 12.0. The molecule has 0 spiro atoms. The third-order valence-electron chi connectivity index (χ3n) is 2.90. The SMILES string of the molecule is CCC(=O)Nc1cccc(CN(C(C)=O)c2nccs2)c1. The van der Waals surface area contributed by atoms with Crippen LogP contribution in [-0.4, -0.2) is 16.8 Å². The third kappa shape index (κ3) is 4.13. The molecule has 0 unspecified atom stereocenters. The predicted molar refractivity (Wildman–Crippen MR) is 84.3 cm³/mol. The van der Waals surface area contributed by atoms with Gasteiger partial charge in [0.15, 0.2) is 5.13 Å². The Morgan fingerprint density at radius 2 is 2.19 bits per heavy atom. The summed E-state index contributed by atoms with van der Waals surface area (Å²) < 4.78 is 0. The fourth-order valence-corrected chi connectivity index (χ4v) is 2.53. The zero-order valence-corrected chi connectivity index (χ0v) is 12.8. The third-order valence-corrected chi connectivity index (χ3v) is 3.70. The summed E-state index contributed by atoms with van der Waals surface area (Å²) in [5, 5.41) is 5.32. The van der Waals surface area contributed by atoms with Crippen LogP contribution in [0.2, 0.25) is 0 Å². The van der Waals surface area contributed by atoms with E-state index in [1.807, 2.05) is 29.6 Å². The Balaban J connectivity index is 2.16. The number of carbonyl (C=O) groups excluding carboxylic acids is 2. The highest BCUT2D eigenvalue weighted by Gasteiger charge is 2.14. The van der Waals surface area contributed by atoms with Crippen LogP contribution in [0, 0.1) is 0 Å². The summed E-state index contributed by atoms with van der Waals surface area (Å²) in [6.07, 6.45) is 2.11. The lowest BCUT2D eigenvalue weighted by Gasteiger charge is -2.18. The minimum atomic E-state index is -0.0621. The molecule has 6 heteroatoms. The van der Waals surface area contributed by atoms with Gasteiger partial charge in [-0.15, -0.1) is 11.3 Å². The second kappa shape index (κ2) is 6.99. The van der Waals surface area contributed by atoms with Crippen molar-refractivity contribution in [3.63, 3.8) is 0 Å². The van der Waals surface area contributed by atoms with Gasteiger partial charge in [-0.3, -0.25) is 14.5 Å². The first-order chi connectivity index (χ1) is 10.1. The van der Waals surface area contributed by atoms with E-state index in [1.165, 1.54) is 18.3 Å². The quantitative estimate of drug-likeness (QED) is 0.923. The van der Waals surface area contributed by atoms with Crippen LogP contribution in [0.25, 0.3) is 0 Å². The largest absolute Gasteiger partial charge is 0.326 e. The molecule has 0 aliphatic rings. The molecule has 5 nitrogen and oxygen atoms in total. The second-order valence-electron chi connectivity index (χ2n) is 4.52. The molecule has 1 aromatic carbocycles. The van der Waals surface area contributed by atoms with Gasteiger partial charge in [-0.2, -0.15) is 0 Å². The molecule has 0 bridgehead atoms. The monoisotopic (exact) mass is 303 g/mol. The van der Waals surface area contributed by atoms with E-state index < -0.39 is 0 Å². The van der Waals surface area contributed by atoms with E-state index in [0.717, 1.165) is 11.3 Å². The average Bonchev–Trinajstić information content (AvgIpc) is 2.98. The van der Waals surface area contributed by atoms with Crippen LogP contribution >= 0.6 is 11.3 Å². The van der Waals surface area contributed by atoms with Gasteiger partial charge in [0.2, 0.25) is 11.8 Å². The van der Waals surface area contributed by atoms with Gasteiger partial charge < -0.3 is 5.32 Å². The predicted octanol–water partition coefficient (Wildman–Crippen LogP) is 3.04. The highest BCUT2D eigenvalue weighted by molar-refractivity contribution is 7.13. The summed E-state index contributed by atoms with van der Waals surface area (Å²) in [6, 6.07) is 7.49. The van der Waals surface area contributed by atoms with E-state index >= 15 is 0 Å². The van der Waals surface area contributed by atoms with Gasteiger partial charge in [-0.1, -0.05) is 19.1 Å². The van der Waals surface area contributed by atoms with Gasteiger partial charge in [-0.05, 0) is 17.7 Å². The number of carbonyl (C=O) groups is 2. The molecule has 21 heavy (non-hydrogen) atoms. The summed E-state index contributed by atoms with van der Waals surface area (Å²) in [5.74, 6) is -0.0940. The minimum absolute atomic E-state index is 0.0319. The van der Waals surface area contributed by atoms with Gasteiger partial charge in [0.1, 0.15) is 0 Å². The van der Waals surface area contributed by atoms with Crippen molar-refractivity contribution in [2.24, 2.45) is 0 Å². The lowest BCUT2D eigenvalue weighted by atomic mass is 10.2. The fraction of sp³-hybridized carbons (Fsp3) is 0.267. The summed E-state index contributed by atoms with van der Waals surface area (Å²) in [5.41, 5.74) is 1.68. The molecule has 0 fully saturated rings. The molecule has 1 heterocycles. The Labute approximate surface area is 127 Å². The topological polar surface area (TPSA) is 62.3 Å². The van der Waals surface area contributed by atoms with E-state index in [0.29, 0.717) is 18.1 Å². The van der Waals surface area contributed by atoms with Crippen molar-refractivity contribution in [2.75, 3.05) is 10.2 Å². The number of amides is 2. The number of rotatable bonds is 5. The standard InChI is InChI=1S/C15H17N3O2S/c1-3-14(20)17-13-6-4-5-12(9-13)10-18(11(2)19)15-16-7-8-21-15/h4-9H,3,10H2,1-2H3,(H,17,20). The van der Waals surface area contributed by atoms with Crippen LogP contribution < -0.4 is 10.2 Å². The van der Waals surface area contributed by atoms with Gasteiger partial charge in [0, 0.05) is 30.6 Å². The zero-order chi connectivity index (χ0) is 15.2. The molecule has 0 saturated heterocycles. The first kappa shape index (κ1) is 15.2. The number of hydrogen-bond acceptors (Lipinski definition) is 4. The Morgan fingerprint density at radius 3 is 2.81 bits per heavy atom. The van der Waals surface area contributed by atoms with Gasteiger partial charge in [0.05, 0.1) is 6.54 Å². The number of nitrogens with zero attached hydrogens (tertiary/aromatic N) is 2. The van der Waals surface area contributed by atoms with E-state index in [-0.39, 0.29) is 11.8 Å². The Morgan fingerprint density at radius 1 is 1.38 bits per heavy atom. The van der Waals surface area contributed by atoms with Crippen molar-refractivity contribution in [1.29, 1.82) is 0 Å². The lowest BCUT2D eigenvalue weighted by Crippen LogP contribution is -2.27. The molecule has 0 aliphatic carbocycles. The van der Waals surface area contributed by atoms with E-state index in [1.54, 1.807) is 18.0 Å². The van der Waals surface area contributed by atoms with Crippen molar-refractivity contribution in [3.8, 4) is 0 Å². The Kier molecular flexibility index (Phi) is 5.05. The maximum atomic E-state index is 11.8. The normalized spacial score (nSPS) is 10.2. The lowest BCUT2D eigenvalue weighted by molar-refractivity contribution is -0.117. The van der Waals surface area contributed by atoms with Crippen molar-refractivity contribution >= 4 is 34.0 Å². The van der Waals surface area contributed by atoms with Crippen LogP contribution in [0.1, 0.15) is 25.8 Å². The van der Waals surface area contributed by atoms with Crippen LogP contribution in [0.3, 0.4) is 0 Å². The smallest absolute Gasteiger partial charge is 0.225 e. The van der Waals surface area contributed by atoms with Crippen LogP contribution in [0.5, 0.6) is 0 Å².